The van der Waals surface area contributed by atoms with Gasteiger partial charge in [0.2, 0.25) is 0 Å². The lowest BCUT2D eigenvalue weighted by Crippen LogP contribution is -2.06. The van der Waals surface area contributed by atoms with Gasteiger partial charge in [-0.25, -0.2) is 4.98 Å². The average molecular weight is 227 g/mol. The zero-order valence-electron chi connectivity index (χ0n) is 10.1. The Balaban J connectivity index is 1.92. The van der Waals surface area contributed by atoms with E-state index in [-0.39, 0.29) is 0 Å². The van der Waals surface area contributed by atoms with E-state index in [1.165, 1.54) is 18.4 Å². The number of aryl methyl sites for hydroxylation is 1. The van der Waals surface area contributed by atoms with Crippen LogP contribution in [-0.2, 0) is 6.54 Å². The van der Waals surface area contributed by atoms with Gasteiger partial charge in [-0.05, 0) is 25.3 Å². The quantitative estimate of drug-likeness (QED) is 0.876. The molecule has 17 heavy (non-hydrogen) atoms. The van der Waals surface area contributed by atoms with Crippen LogP contribution in [-0.4, -0.2) is 9.55 Å². The molecule has 1 fully saturated rings. The largest absolute Gasteiger partial charge is 0.384 e. The summed E-state index contributed by atoms with van der Waals surface area (Å²) in [4.78, 5) is 4.61. The molecule has 0 aliphatic heterocycles. The van der Waals surface area contributed by atoms with Gasteiger partial charge in [0.05, 0.1) is 12.2 Å². The zero-order chi connectivity index (χ0) is 11.8. The van der Waals surface area contributed by atoms with Gasteiger partial charge in [-0.2, -0.15) is 0 Å². The highest BCUT2D eigenvalue weighted by Gasteiger charge is 2.29. The third-order valence-corrected chi connectivity index (χ3v) is 3.37. The van der Waals surface area contributed by atoms with Crippen LogP contribution in [0.15, 0.2) is 30.3 Å². The van der Waals surface area contributed by atoms with E-state index in [1.54, 1.807) is 0 Å². The highest BCUT2D eigenvalue weighted by atomic mass is 15.1. The molecule has 1 aliphatic carbocycles. The van der Waals surface area contributed by atoms with Crippen LogP contribution in [0.25, 0.3) is 0 Å². The average Bonchev–Trinajstić information content (AvgIpc) is 3.13. The first-order valence-corrected chi connectivity index (χ1v) is 6.12. The van der Waals surface area contributed by atoms with E-state index in [0.717, 1.165) is 23.9 Å². The van der Waals surface area contributed by atoms with Gasteiger partial charge in [0.1, 0.15) is 11.6 Å². The number of anilines is 1. The lowest BCUT2D eigenvalue weighted by Gasteiger charge is -2.07. The van der Waals surface area contributed by atoms with E-state index in [0.29, 0.717) is 5.92 Å². The summed E-state index contributed by atoms with van der Waals surface area (Å²) in [6, 6.07) is 10.4. The van der Waals surface area contributed by atoms with Gasteiger partial charge in [0.25, 0.3) is 0 Å². The summed E-state index contributed by atoms with van der Waals surface area (Å²) in [7, 11) is 0. The minimum Gasteiger partial charge on any atom is -0.384 e. The lowest BCUT2D eigenvalue weighted by atomic mass is 10.2. The molecular weight excluding hydrogens is 210 g/mol. The van der Waals surface area contributed by atoms with Crippen molar-refractivity contribution in [3.8, 4) is 0 Å². The number of hydrogen-bond donors (Lipinski definition) is 1. The Morgan fingerprint density at radius 1 is 1.29 bits per heavy atom. The Kier molecular flexibility index (Phi) is 2.39. The first-order valence-electron chi connectivity index (χ1n) is 6.12. The van der Waals surface area contributed by atoms with Crippen molar-refractivity contribution in [3.05, 3.63) is 47.4 Å². The van der Waals surface area contributed by atoms with Crippen molar-refractivity contribution in [2.45, 2.75) is 32.2 Å². The van der Waals surface area contributed by atoms with E-state index >= 15 is 0 Å². The molecule has 1 saturated carbocycles. The second-order valence-corrected chi connectivity index (χ2v) is 4.78. The van der Waals surface area contributed by atoms with E-state index in [9.17, 15) is 0 Å². The van der Waals surface area contributed by atoms with Crippen LogP contribution >= 0.6 is 0 Å². The summed E-state index contributed by atoms with van der Waals surface area (Å²) in [5.74, 6) is 2.49. The molecule has 0 atom stereocenters. The number of imidazole rings is 1. The SMILES string of the molecule is Cc1nc(C2CC2)c(N)n1Cc1ccccc1. The Morgan fingerprint density at radius 3 is 2.65 bits per heavy atom. The van der Waals surface area contributed by atoms with Crippen LogP contribution in [0, 0.1) is 6.92 Å². The highest BCUT2D eigenvalue weighted by molar-refractivity contribution is 5.43. The van der Waals surface area contributed by atoms with Crippen LogP contribution in [0.3, 0.4) is 0 Å². The van der Waals surface area contributed by atoms with Crippen LogP contribution < -0.4 is 5.73 Å². The molecule has 1 aromatic heterocycles. The van der Waals surface area contributed by atoms with Gasteiger partial charge in [0.15, 0.2) is 0 Å². The van der Waals surface area contributed by atoms with Crippen molar-refractivity contribution in [2.24, 2.45) is 0 Å². The molecule has 0 bridgehead atoms. The fourth-order valence-corrected chi connectivity index (χ4v) is 2.23. The molecule has 0 radical (unpaired) electrons. The third-order valence-electron chi connectivity index (χ3n) is 3.37. The smallest absolute Gasteiger partial charge is 0.127 e. The molecule has 0 amide bonds. The maximum Gasteiger partial charge on any atom is 0.127 e. The molecule has 1 aliphatic rings. The number of hydrogen-bond acceptors (Lipinski definition) is 2. The van der Waals surface area contributed by atoms with E-state index in [4.69, 9.17) is 5.73 Å². The minimum atomic E-state index is 0.616. The number of nitrogen functional groups attached to an aromatic ring is 1. The fraction of sp³-hybridized carbons (Fsp3) is 0.357. The predicted molar refractivity (Wildman–Crippen MR) is 68.9 cm³/mol. The first-order chi connectivity index (χ1) is 8.25. The molecular formula is C14H17N3. The summed E-state index contributed by atoms with van der Waals surface area (Å²) in [5, 5.41) is 0. The standard InChI is InChI=1S/C14H17N3/c1-10-16-13(12-7-8-12)14(15)17(10)9-11-5-3-2-4-6-11/h2-6,12H,7-9,15H2,1H3. The third kappa shape index (κ3) is 1.93. The molecule has 3 rings (SSSR count). The molecule has 3 heteroatoms. The molecule has 0 unspecified atom stereocenters. The van der Waals surface area contributed by atoms with Gasteiger partial charge in [0, 0.05) is 5.92 Å². The van der Waals surface area contributed by atoms with Crippen LogP contribution in [0.5, 0.6) is 0 Å². The molecule has 0 spiro atoms. The van der Waals surface area contributed by atoms with Crippen molar-refractivity contribution in [2.75, 3.05) is 5.73 Å². The zero-order valence-corrected chi connectivity index (χ0v) is 10.1. The van der Waals surface area contributed by atoms with Crippen molar-refractivity contribution < 1.29 is 0 Å². The van der Waals surface area contributed by atoms with Crippen LogP contribution in [0.2, 0.25) is 0 Å². The van der Waals surface area contributed by atoms with E-state index < -0.39 is 0 Å². The lowest BCUT2D eigenvalue weighted by molar-refractivity contribution is 0.771. The Bertz CT molecular complexity index is 524. The summed E-state index contributed by atoms with van der Waals surface area (Å²) in [6.07, 6.45) is 2.48. The summed E-state index contributed by atoms with van der Waals surface area (Å²) >= 11 is 0. The predicted octanol–water partition coefficient (Wildman–Crippen LogP) is 2.70. The molecule has 88 valence electrons. The molecule has 0 saturated heterocycles. The van der Waals surface area contributed by atoms with Crippen LogP contribution in [0.1, 0.15) is 35.8 Å². The van der Waals surface area contributed by atoms with Crippen molar-refractivity contribution in [1.29, 1.82) is 0 Å². The fourth-order valence-electron chi connectivity index (χ4n) is 2.23. The van der Waals surface area contributed by atoms with Crippen molar-refractivity contribution >= 4 is 5.82 Å². The topological polar surface area (TPSA) is 43.8 Å². The Labute approximate surface area is 101 Å². The van der Waals surface area contributed by atoms with Gasteiger partial charge in [-0.1, -0.05) is 30.3 Å². The molecule has 2 aromatic rings. The Morgan fingerprint density at radius 2 is 2.00 bits per heavy atom. The summed E-state index contributed by atoms with van der Waals surface area (Å²) < 4.78 is 2.11. The maximum absolute atomic E-state index is 6.19. The van der Waals surface area contributed by atoms with Gasteiger partial charge in [-0.3, -0.25) is 0 Å². The number of nitrogens with two attached hydrogens (primary N) is 1. The maximum atomic E-state index is 6.19. The second-order valence-electron chi connectivity index (χ2n) is 4.78. The number of nitrogens with zero attached hydrogens (tertiary/aromatic N) is 2. The summed E-state index contributed by atoms with van der Waals surface area (Å²) in [5.41, 5.74) is 8.57. The monoisotopic (exact) mass is 227 g/mol. The molecule has 1 heterocycles. The number of aromatic nitrogens is 2. The number of rotatable bonds is 3. The summed E-state index contributed by atoms with van der Waals surface area (Å²) in [6.45, 7) is 2.85. The second kappa shape index (κ2) is 3.91. The van der Waals surface area contributed by atoms with E-state index in [1.807, 2.05) is 13.0 Å². The van der Waals surface area contributed by atoms with Gasteiger partial charge in [-0.15, -0.1) is 0 Å². The molecule has 3 nitrogen and oxygen atoms in total. The van der Waals surface area contributed by atoms with Gasteiger partial charge >= 0.3 is 0 Å². The van der Waals surface area contributed by atoms with Crippen molar-refractivity contribution in [1.82, 2.24) is 9.55 Å². The molecule has 2 N–H and O–H groups in total. The van der Waals surface area contributed by atoms with Crippen molar-refractivity contribution in [3.63, 3.8) is 0 Å². The highest BCUT2D eigenvalue weighted by Crippen LogP contribution is 2.42. The van der Waals surface area contributed by atoms with E-state index in [2.05, 4.69) is 33.8 Å². The van der Waals surface area contributed by atoms with Gasteiger partial charge < -0.3 is 10.3 Å². The first kappa shape index (κ1) is 10.4. The normalized spacial score (nSPS) is 15.1. The minimum absolute atomic E-state index is 0.616. The Hall–Kier alpha value is -1.77. The van der Waals surface area contributed by atoms with Crippen LogP contribution in [0.4, 0.5) is 5.82 Å². The molecule has 1 aromatic carbocycles. The number of benzene rings is 1.